The van der Waals surface area contributed by atoms with Gasteiger partial charge in [-0.1, -0.05) is 18.2 Å². The second-order valence-corrected chi connectivity index (χ2v) is 8.47. The van der Waals surface area contributed by atoms with Crippen LogP contribution in [0.25, 0.3) is 10.1 Å². The summed E-state index contributed by atoms with van der Waals surface area (Å²) in [6.45, 7) is 3.62. The monoisotopic (exact) mass is 326 g/mol. The number of rotatable bonds is 4. The predicted molar refractivity (Wildman–Crippen MR) is 87.6 cm³/mol. The fraction of sp³-hybridized carbons (Fsp3) is 0.357. The van der Waals surface area contributed by atoms with E-state index in [0.29, 0.717) is 10.6 Å². The number of amides is 1. The fourth-order valence-corrected chi connectivity index (χ4v) is 4.32. The zero-order valence-corrected chi connectivity index (χ0v) is 13.8. The third-order valence-electron chi connectivity index (χ3n) is 3.09. The first-order valence-corrected chi connectivity index (χ1v) is 9.33. The molecule has 5 nitrogen and oxygen atoms in total. The van der Waals surface area contributed by atoms with E-state index in [1.165, 1.54) is 11.3 Å². The lowest BCUT2D eigenvalue weighted by molar-refractivity contribution is 0.0948. The van der Waals surface area contributed by atoms with Crippen LogP contribution in [-0.2, 0) is 9.84 Å². The number of nitrogens with two attached hydrogens (primary N) is 1. The van der Waals surface area contributed by atoms with Gasteiger partial charge in [-0.15, -0.1) is 11.3 Å². The summed E-state index contributed by atoms with van der Waals surface area (Å²) >= 11 is 1.33. The molecule has 0 radical (unpaired) electrons. The highest BCUT2D eigenvalue weighted by Gasteiger charge is 2.20. The van der Waals surface area contributed by atoms with Crippen molar-refractivity contribution in [2.45, 2.75) is 19.9 Å². The molecule has 3 N–H and O–H groups in total. The molecule has 0 saturated carbocycles. The van der Waals surface area contributed by atoms with Crippen molar-refractivity contribution >= 4 is 42.9 Å². The lowest BCUT2D eigenvalue weighted by atomic mass is 10.1. The van der Waals surface area contributed by atoms with Gasteiger partial charge in [0.1, 0.15) is 14.7 Å². The van der Waals surface area contributed by atoms with E-state index in [-0.39, 0.29) is 11.7 Å². The number of thiophene rings is 1. The van der Waals surface area contributed by atoms with Gasteiger partial charge in [-0.25, -0.2) is 8.42 Å². The van der Waals surface area contributed by atoms with Gasteiger partial charge < -0.3 is 11.1 Å². The highest BCUT2D eigenvalue weighted by molar-refractivity contribution is 7.90. The maximum absolute atomic E-state index is 12.3. The number of carbonyl (C=O) groups excluding carboxylic acids is 1. The molecule has 2 rings (SSSR count). The smallest absolute Gasteiger partial charge is 0.263 e. The molecule has 7 heteroatoms. The Balaban J connectivity index is 2.28. The molecular weight excluding hydrogens is 308 g/mol. The van der Waals surface area contributed by atoms with Gasteiger partial charge in [0.25, 0.3) is 5.91 Å². The van der Waals surface area contributed by atoms with E-state index in [9.17, 15) is 13.2 Å². The number of nitrogens with one attached hydrogen (secondary N) is 1. The number of anilines is 1. The summed E-state index contributed by atoms with van der Waals surface area (Å²) in [5.41, 5.74) is 7.55. The highest BCUT2D eigenvalue weighted by atomic mass is 32.2. The summed E-state index contributed by atoms with van der Waals surface area (Å²) in [7, 11) is -3.14. The zero-order chi connectivity index (χ0) is 15.8. The van der Waals surface area contributed by atoms with Gasteiger partial charge in [-0.05, 0) is 19.4 Å². The summed E-state index contributed by atoms with van der Waals surface area (Å²) in [6, 6.07) is 5.28. The quantitative estimate of drug-likeness (QED) is 0.899. The van der Waals surface area contributed by atoms with E-state index < -0.39 is 15.9 Å². The van der Waals surface area contributed by atoms with Crippen molar-refractivity contribution in [2.24, 2.45) is 0 Å². The molecule has 1 aromatic carbocycles. The third-order valence-corrected chi connectivity index (χ3v) is 5.55. The van der Waals surface area contributed by atoms with Crippen molar-refractivity contribution in [3.8, 4) is 0 Å². The minimum absolute atomic E-state index is 0.0947. The summed E-state index contributed by atoms with van der Waals surface area (Å²) in [5.74, 6) is -0.424. The average Bonchev–Trinajstić information content (AvgIpc) is 2.66. The van der Waals surface area contributed by atoms with Crippen LogP contribution in [-0.4, -0.2) is 32.4 Å². The second kappa shape index (κ2) is 5.65. The molecular formula is C14H18N2O3S2. The van der Waals surface area contributed by atoms with Crippen LogP contribution < -0.4 is 11.1 Å². The van der Waals surface area contributed by atoms with Crippen molar-refractivity contribution < 1.29 is 13.2 Å². The molecule has 114 valence electrons. The van der Waals surface area contributed by atoms with Gasteiger partial charge in [0.05, 0.1) is 11.4 Å². The molecule has 1 unspecified atom stereocenters. The number of carbonyl (C=O) groups is 1. The molecule has 2 aromatic rings. The number of hydrogen-bond donors (Lipinski definition) is 2. The molecule has 1 atom stereocenters. The maximum atomic E-state index is 12.3. The Morgan fingerprint density at radius 1 is 1.43 bits per heavy atom. The van der Waals surface area contributed by atoms with Crippen LogP contribution in [0.3, 0.4) is 0 Å². The van der Waals surface area contributed by atoms with Crippen molar-refractivity contribution in [3.05, 3.63) is 28.6 Å². The Morgan fingerprint density at radius 2 is 2.10 bits per heavy atom. The largest absolute Gasteiger partial charge is 0.397 e. The first-order chi connectivity index (χ1) is 9.69. The number of sulfone groups is 1. The molecule has 0 spiro atoms. The molecule has 21 heavy (non-hydrogen) atoms. The molecule has 1 aromatic heterocycles. The number of nitrogen functional groups attached to an aromatic ring is 1. The highest BCUT2D eigenvalue weighted by Crippen LogP contribution is 2.35. The normalized spacial score (nSPS) is 13.3. The lowest BCUT2D eigenvalue weighted by Crippen LogP contribution is -2.37. The summed E-state index contributed by atoms with van der Waals surface area (Å²) < 4.78 is 23.5. The second-order valence-electron chi connectivity index (χ2n) is 5.26. The van der Waals surface area contributed by atoms with E-state index in [0.717, 1.165) is 21.9 Å². The Hall–Kier alpha value is -1.60. The molecule has 0 fully saturated rings. The lowest BCUT2D eigenvalue weighted by Gasteiger charge is -2.12. The molecule has 0 saturated heterocycles. The first-order valence-electron chi connectivity index (χ1n) is 6.45. The van der Waals surface area contributed by atoms with Gasteiger partial charge in [-0.2, -0.15) is 0 Å². The SMILES string of the molecule is Cc1cccc2c(N)c(C(=O)NC(C)CS(C)(=O)=O)sc12. The van der Waals surface area contributed by atoms with Gasteiger partial charge in [0.15, 0.2) is 0 Å². The van der Waals surface area contributed by atoms with Gasteiger partial charge in [0, 0.05) is 22.4 Å². The van der Waals surface area contributed by atoms with Crippen molar-refractivity contribution in [1.82, 2.24) is 5.32 Å². The molecule has 1 heterocycles. The van der Waals surface area contributed by atoms with E-state index in [4.69, 9.17) is 5.73 Å². The molecule has 1 amide bonds. The number of benzene rings is 1. The summed E-state index contributed by atoms with van der Waals surface area (Å²) in [5, 5.41) is 3.55. The third kappa shape index (κ3) is 3.54. The van der Waals surface area contributed by atoms with E-state index in [1.54, 1.807) is 6.92 Å². The standard InChI is InChI=1S/C14H18N2O3S2/c1-8-5-4-6-10-11(15)13(20-12(8)10)14(17)16-9(2)7-21(3,18)19/h4-6,9H,7,15H2,1-3H3,(H,16,17). The van der Waals surface area contributed by atoms with Crippen molar-refractivity contribution in [2.75, 3.05) is 17.7 Å². The van der Waals surface area contributed by atoms with E-state index in [2.05, 4.69) is 5.32 Å². The average molecular weight is 326 g/mol. The van der Waals surface area contributed by atoms with Crippen LogP contribution in [0.15, 0.2) is 18.2 Å². The summed E-state index contributed by atoms with van der Waals surface area (Å²) in [6.07, 6.45) is 1.15. The molecule has 0 aliphatic carbocycles. The molecule has 0 aliphatic heterocycles. The first kappa shape index (κ1) is 15.8. The van der Waals surface area contributed by atoms with Crippen LogP contribution in [0.1, 0.15) is 22.2 Å². The molecule has 0 aliphatic rings. The molecule has 0 bridgehead atoms. The van der Waals surface area contributed by atoms with E-state index >= 15 is 0 Å². The van der Waals surface area contributed by atoms with Crippen LogP contribution >= 0.6 is 11.3 Å². The van der Waals surface area contributed by atoms with E-state index in [1.807, 2.05) is 25.1 Å². The van der Waals surface area contributed by atoms with Gasteiger partial charge >= 0.3 is 0 Å². The van der Waals surface area contributed by atoms with Crippen molar-refractivity contribution in [3.63, 3.8) is 0 Å². The Bertz CT molecular complexity index is 794. The topological polar surface area (TPSA) is 89.3 Å². The Labute approximate surface area is 128 Å². The maximum Gasteiger partial charge on any atom is 0.263 e. The van der Waals surface area contributed by atoms with Crippen LogP contribution in [0.5, 0.6) is 0 Å². The van der Waals surface area contributed by atoms with Gasteiger partial charge in [-0.3, -0.25) is 4.79 Å². The van der Waals surface area contributed by atoms with Crippen molar-refractivity contribution in [1.29, 1.82) is 0 Å². The van der Waals surface area contributed by atoms with Crippen LogP contribution in [0, 0.1) is 6.92 Å². The van der Waals surface area contributed by atoms with Crippen LogP contribution in [0.2, 0.25) is 0 Å². The van der Waals surface area contributed by atoms with Crippen LogP contribution in [0.4, 0.5) is 5.69 Å². The Kier molecular flexibility index (Phi) is 4.25. The Morgan fingerprint density at radius 3 is 2.67 bits per heavy atom. The predicted octanol–water partition coefficient (Wildman–Crippen LogP) is 1.95. The van der Waals surface area contributed by atoms with Gasteiger partial charge in [0.2, 0.25) is 0 Å². The summed E-state index contributed by atoms with van der Waals surface area (Å²) in [4.78, 5) is 12.7. The minimum Gasteiger partial charge on any atom is -0.397 e. The minimum atomic E-state index is -3.14. The number of fused-ring (bicyclic) bond motifs is 1. The zero-order valence-electron chi connectivity index (χ0n) is 12.1. The number of aryl methyl sites for hydroxylation is 1. The number of hydrogen-bond acceptors (Lipinski definition) is 5. The fourth-order valence-electron chi connectivity index (χ4n) is 2.23.